The molecule has 1 aromatic rings. The van der Waals surface area contributed by atoms with Gasteiger partial charge in [0.05, 0.1) is 16.3 Å². The largest absolute Gasteiger partial charge is 0.321 e. The first kappa shape index (κ1) is 8.43. The topological polar surface area (TPSA) is 51.8 Å². The minimum atomic E-state index is -0.500. The second-order valence-electron chi connectivity index (χ2n) is 2.94. The Kier molecular flexibility index (Phi) is 2.11. The highest BCUT2D eigenvalue weighted by atomic mass is 35.5. The first-order valence-electron chi connectivity index (χ1n) is 3.26. The maximum atomic E-state index is 5.80. The molecule has 0 spiro atoms. The van der Waals surface area contributed by atoms with E-state index in [0.717, 1.165) is 0 Å². The highest BCUT2D eigenvalue weighted by molar-refractivity contribution is 6.31. The van der Waals surface area contributed by atoms with Crippen LogP contribution in [-0.4, -0.2) is 9.97 Å². The molecular weight excluding hydrogens is 162 g/mol. The van der Waals surface area contributed by atoms with E-state index < -0.39 is 5.54 Å². The van der Waals surface area contributed by atoms with Crippen LogP contribution >= 0.6 is 11.6 Å². The van der Waals surface area contributed by atoms with Gasteiger partial charge in [0.1, 0.15) is 6.33 Å². The maximum Gasteiger partial charge on any atom is 0.115 e. The molecule has 3 nitrogen and oxygen atoms in total. The molecule has 0 aliphatic rings. The zero-order valence-electron chi connectivity index (χ0n) is 6.50. The van der Waals surface area contributed by atoms with Crippen LogP contribution in [0.5, 0.6) is 0 Å². The Morgan fingerprint density at radius 1 is 1.55 bits per heavy atom. The summed E-state index contributed by atoms with van der Waals surface area (Å²) in [4.78, 5) is 7.74. The van der Waals surface area contributed by atoms with Crippen LogP contribution in [0.2, 0.25) is 5.02 Å². The van der Waals surface area contributed by atoms with Crippen molar-refractivity contribution in [3.8, 4) is 0 Å². The third-order valence-electron chi connectivity index (χ3n) is 1.28. The molecule has 1 rings (SSSR count). The van der Waals surface area contributed by atoms with Gasteiger partial charge in [-0.05, 0) is 13.8 Å². The fourth-order valence-electron chi connectivity index (χ4n) is 0.787. The third-order valence-corrected chi connectivity index (χ3v) is 1.55. The lowest BCUT2D eigenvalue weighted by Gasteiger charge is -2.17. The molecular formula is C7H10ClN3. The SMILES string of the molecule is CC(C)(N)c1ncncc1Cl. The first-order chi connectivity index (χ1) is 5.02. The van der Waals surface area contributed by atoms with Crippen molar-refractivity contribution in [3.05, 3.63) is 23.2 Å². The number of halogens is 1. The van der Waals surface area contributed by atoms with Gasteiger partial charge in [0, 0.05) is 6.20 Å². The summed E-state index contributed by atoms with van der Waals surface area (Å²) in [6.45, 7) is 3.70. The Bertz CT molecular complexity index is 254. The summed E-state index contributed by atoms with van der Waals surface area (Å²) in [7, 11) is 0. The van der Waals surface area contributed by atoms with Gasteiger partial charge < -0.3 is 5.73 Å². The van der Waals surface area contributed by atoms with Crippen molar-refractivity contribution < 1.29 is 0 Å². The molecule has 0 aromatic carbocycles. The predicted molar refractivity (Wildman–Crippen MR) is 44.3 cm³/mol. The molecule has 0 unspecified atom stereocenters. The van der Waals surface area contributed by atoms with Gasteiger partial charge in [-0.25, -0.2) is 9.97 Å². The van der Waals surface area contributed by atoms with Crippen molar-refractivity contribution in [1.82, 2.24) is 9.97 Å². The minimum Gasteiger partial charge on any atom is -0.321 e. The van der Waals surface area contributed by atoms with Gasteiger partial charge in [0.2, 0.25) is 0 Å². The van der Waals surface area contributed by atoms with Crippen molar-refractivity contribution in [3.63, 3.8) is 0 Å². The standard InChI is InChI=1S/C7H10ClN3/c1-7(2,9)6-5(8)3-10-4-11-6/h3-4H,9H2,1-2H3. The smallest absolute Gasteiger partial charge is 0.115 e. The molecule has 0 aliphatic carbocycles. The van der Waals surface area contributed by atoms with Crippen molar-refractivity contribution >= 4 is 11.6 Å². The van der Waals surface area contributed by atoms with Gasteiger partial charge in [-0.2, -0.15) is 0 Å². The molecule has 0 saturated carbocycles. The van der Waals surface area contributed by atoms with Crippen molar-refractivity contribution in [2.24, 2.45) is 5.73 Å². The van der Waals surface area contributed by atoms with E-state index in [9.17, 15) is 0 Å². The van der Waals surface area contributed by atoms with Crippen molar-refractivity contribution in [2.75, 3.05) is 0 Å². The number of nitrogens with zero attached hydrogens (tertiary/aromatic N) is 2. The molecule has 4 heteroatoms. The molecule has 1 heterocycles. The highest BCUT2D eigenvalue weighted by Crippen LogP contribution is 2.21. The average Bonchev–Trinajstić information content (AvgIpc) is 1.86. The highest BCUT2D eigenvalue weighted by Gasteiger charge is 2.18. The maximum absolute atomic E-state index is 5.80. The van der Waals surface area contributed by atoms with Gasteiger partial charge in [-0.3, -0.25) is 0 Å². The molecule has 60 valence electrons. The molecule has 0 amide bonds. The number of hydrogen-bond acceptors (Lipinski definition) is 3. The third kappa shape index (κ3) is 1.88. The fourth-order valence-corrected chi connectivity index (χ4v) is 1.14. The molecule has 0 saturated heterocycles. The molecule has 0 radical (unpaired) electrons. The second-order valence-corrected chi connectivity index (χ2v) is 3.35. The van der Waals surface area contributed by atoms with Gasteiger partial charge in [-0.1, -0.05) is 11.6 Å². The van der Waals surface area contributed by atoms with Crippen LogP contribution in [0.1, 0.15) is 19.5 Å². The van der Waals surface area contributed by atoms with Crippen molar-refractivity contribution in [1.29, 1.82) is 0 Å². The van der Waals surface area contributed by atoms with E-state index in [1.54, 1.807) is 6.20 Å². The molecule has 0 atom stereocenters. The molecule has 0 aliphatic heterocycles. The Morgan fingerprint density at radius 2 is 2.18 bits per heavy atom. The van der Waals surface area contributed by atoms with E-state index in [1.807, 2.05) is 13.8 Å². The normalized spacial score (nSPS) is 11.6. The zero-order chi connectivity index (χ0) is 8.48. The zero-order valence-corrected chi connectivity index (χ0v) is 7.26. The van der Waals surface area contributed by atoms with E-state index in [-0.39, 0.29) is 0 Å². The average molecular weight is 172 g/mol. The van der Waals surface area contributed by atoms with Gasteiger partial charge >= 0.3 is 0 Å². The van der Waals surface area contributed by atoms with Crippen LogP contribution in [0, 0.1) is 0 Å². The number of hydrogen-bond donors (Lipinski definition) is 1. The van der Waals surface area contributed by atoms with E-state index in [4.69, 9.17) is 17.3 Å². The summed E-state index contributed by atoms with van der Waals surface area (Å²) in [5, 5.41) is 0.514. The van der Waals surface area contributed by atoms with Crippen LogP contribution in [0.25, 0.3) is 0 Å². The first-order valence-corrected chi connectivity index (χ1v) is 3.64. The number of nitrogens with two attached hydrogens (primary N) is 1. The van der Waals surface area contributed by atoms with Gasteiger partial charge in [0.15, 0.2) is 0 Å². The molecule has 0 fully saturated rings. The monoisotopic (exact) mass is 171 g/mol. The Labute approximate surface area is 70.6 Å². The van der Waals surface area contributed by atoms with Gasteiger partial charge in [0.25, 0.3) is 0 Å². The molecule has 2 N–H and O–H groups in total. The summed E-state index contributed by atoms with van der Waals surface area (Å²) in [5.74, 6) is 0. The Morgan fingerprint density at radius 3 is 2.55 bits per heavy atom. The quantitative estimate of drug-likeness (QED) is 0.694. The van der Waals surface area contributed by atoms with Crippen molar-refractivity contribution in [2.45, 2.75) is 19.4 Å². The summed E-state index contributed by atoms with van der Waals surface area (Å²) < 4.78 is 0. The lowest BCUT2D eigenvalue weighted by Crippen LogP contribution is -2.30. The lowest BCUT2D eigenvalue weighted by molar-refractivity contribution is 0.534. The van der Waals surface area contributed by atoms with Crippen LogP contribution in [0.3, 0.4) is 0 Å². The van der Waals surface area contributed by atoms with E-state index in [2.05, 4.69) is 9.97 Å². The van der Waals surface area contributed by atoms with Crippen LogP contribution in [0.4, 0.5) is 0 Å². The Hall–Kier alpha value is -0.670. The lowest BCUT2D eigenvalue weighted by atomic mass is 10.0. The molecule has 11 heavy (non-hydrogen) atoms. The predicted octanol–water partition coefficient (Wildman–Crippen LogP) is 1.32. The minimum absolute atomic E-state index is 0.500. The van der Waals surface area contributed by atoms with E-state index in [0.29, 0.717) is 10.7 Å². The van der Waals surface area contributed by atoms with Crippen LogP contribution in [-0.2, 0) is 5.54 Å². The molecule has 0 bridgehead atoms. The second kappa shape index (κ2) is 2.75. The summed E-state index contributed by atoms with van der Waals surface area (Å²) in [6.07, 6.45) is 2.98. The Balaban J connectivity index is 3.14. The fraction of sp³-hybridized carbons (Fsp3) is 0.429. The van der Waals surface area contributed by atoms with Crippen LogP contribution in [0.15, 0.2) is 12.5 Å². The molecule has 1 aromatic heterocycles. The number of rotatable bonds is 1. The number of aromatic nitrogens is 2. The van der Waals surface area contributed by atoms with E-state index in [1.165, 1.54) is 6.33 Å². The summed E-state index contributed by atoms with van der Waals surface area (Å²) >= 11 is 5.80. The van der Waals surface area contributed by atoms with Gasteiger partial charge in [-0.15, -0.1) is 0 Å². The van der Waals surface area contributed by atoms with Crippen LogP contribution < -0.4 is 5.73 Å². The summed E-state index contributed by atoms with van der Waals surface area (Å²) in [6, 6.07) is 0. The summed E-state index contributed by atoms with van der Waals surface area (Å²) in [5.41, 5.74) is 5.96. The van der Waals surface area contributed by atoms with E-state index >= 15 is 0 Å².